The zero-order valence-electron chi connectivity index (χ0n) is 6.18. The van der Waals surface area contributed by atoms with Gasteiger partial charge < -0.3 is 5.11 Å². The number of rotatable bonds is 3. The zero-order chi connectivity index (χ0) is 9.94. The number of carboxylic acids is 1. The topological polar surface area (TPSA) is 54.4 Å². The second-order valence-electron chi connectivity index (χ2n) is 2.30. The van der Waals surface area contributed by atoms with E-state index in [4.69, 9.17) is 5.11 Å². The lowest BCUT2D eigenvalue weighted by Crippen LogP contribution is -2.29. The Morgan fingerprint density at radius 1 is 1.42 bits per heavy atom. The number of Topliss-reactive ketones (excluding diaryl/α,β-unsaturated/α-hetero) is 1. The molecule has 0 saturated heterocycles. The maximum absolute atomic E-state index is 11.7. The van der Waals surface area contributed by atoms with Gasteiger partial charge in [-0.25, -0.2) is 0 Å². The summed E-state index contributed by atoms with van der Waals surface area (Å²) in [7, 11) is 0. The van der Waals surface area contributed by atoms with E-state index < -0.39 is 30.3 Å². The molecule has 0 radical (unpaired) electrons. The predicted molar refractivity (Wildman–Crippen MR) is 32.5 cm³/mol. The van der Waals surface area contributed by atoms with Crippen molar-refractivity contribution in [2.24, 2.45) is 5.92 Å². The standard InChI is InChI=1S/C6H7F3O3/c1-3(6(7,8)9)4(10)2-5(11)12/h3H,2H2,1H3,(H,11,12). The first kappa shape index (κ1) is 10.9. The fourth-order valence-corrected chi connectivity index (χ4v) is 0.485. The largest absolute Gasteiger partial charge is 0.481 e. The number of aliphatic carboxylic acids is 1. The quantitative estimate of drug-likeness (QED) is 0.671. The van der Waals surface area contributed by atoms with Crippen molar-refractivity contribution in [1.82, 2.24) is 0 Å². The number of carboxylic acid groups (broad SMARTS) is 1. The minimum absolute atomic E-state index is 0.644. The highest BCUT2D eigenvalue weighted by Gasteiger charge is 2.41. The van der Waals surface area contributed by atoms with Gasteiger partial charge in [0.15, 0.2) is 5.78 Å². The van der Waals surface area contributed by atoms with Gasteiger partial charge in [-0.2, -0.15) is 13.2 Å². The molecule has 0 aliphatic carbocycles. The molecule has 0 fully saturated rings. The highest BCUT2D eigenvalue weighted by molar-refractivity contribution is 5.96. The number of alkyl halides is 3. The van der Waals surface area contributed by atoms with E-state index in [2.05, 4.69) is 0 Å². The highest BCUT2D eigenvalue weighted by atomic mass is 19.4. The second-order valence-corrected chi connectivity index (χ2v) is 2.30. The van der Waals surface area contributed by atoms with E-state index in [0.29, 0.717) is 6.92 Å². The fraction of sp³-hybridized carbons (Fsp3) is 0.667. The normalized spacial score (nSPS) is 14.0. The molecule has 0 aliphatic heterocycles. The van der Waals surface area contributed by atoms with Gasteiger partial charge in [-0.1, -0.05) is 0 Å². The summed E-state index contributed by atoms with van der Waals surface area (Å²) in [6, 6.07) is 0. The molecule has 6 heteroatoms. The van der Waals surface area contributed by atoms with Crippen molar-refractivity contribution in [3.63, 3.8) is 0 Å². The molecule has 0 rings (SSSR count). The minimum Gasteiger partial charge on any atom is -0.481 e. The lowest BCUT2D eigenvalue weighted by Gasteiger charge is -2.12. The molecule has 0 spiro atoms. The summed E-state index contributed by atoms with van der Waals surface area (Å²) in [5, 5.41) is 8.01. The second kappa shape index (κ2) is 3.55. The third kappa shape index (κ3) is 3.36. The summed E-state index contributed by atoms with van der Waals surface area (Å²) in [5.41, 5.74) is 0. The van der Waals surface area contributed by atoms with Crippen LogP contribution in [0.4, 0.5) is 13.2 Å². The van der Waals surface area contributed by atoms with E-state index in [9.17, 15) is 22.8 Å². The minimum atomic E-state index is -4.65. The summed E-state index contributed by atoms with van der Waals surface area (Å²) in [6.45, 7) is 0.644. The molecule has 0 bridgehead atoms. The third-order valence-electron chi connectivity index (χ3n) is 1.30. The van der Waals surface area contributed by atoms with Crippen molar-refractivity contribution >= 4 is 11.8 Å². The molecule has 1 unspecified atom stereocenters. The van der Waals surface area contributed by atoms with Crippen LogP contribution in [-0.4, -0.2) is 23.0 Å². The number of carbonyl (C=O) groups is 2. The molecule has 0 heterocycles. The van der Waals surface area contributed by atoms with E-state index in [1.807, 2.05) is 0 Å². The lowest BCUT2D eigenvalue weighted by atomic mass is 10.0. The van der Waals surface area contributed by atoms with Gasteiger partial charge in [0, 0.05) is 0 Å². The first-order valence-electron chi connectivity index (χ1n) is 3.06. The Kier molecular flexibility index (Phi) is 3.24. The molecule has 0 aromatic heterocycles. The molecule has 0 amide bonds. The Morgan fingerprint density at radius 3 is 2.08 bits per heavy atom. The summed E-state index contributed by atoms with van der Waals surface area (Å²) in [5.74, 6) is -5.07. The summed E-state index contributed by atoms with van der Waals surface area (Å²) in [6.07, 6.45) is -5.73. The van der Waals surface area contributed by atoms with Gasteiger partial charge in [0.2, 0.25) is 0 Å². The molecule has 0 aromatic carbocycles. The van der Waals surface area contributed by atoms with Gasteiger partial charge in [-0.05, 0) is 6.92 Å². The van der Waals surface area contributed by atoms with Crippen molar-refractivity contribution in [3.05, 3.63) is 0 Å². The maximum atomic E-state index is 11.7. The van der Waals surface area contributed by atoms with Crippen molar-refractivity contribution in [3.8, 4) is 0 Å². The Labute approximate surface area is 66.2 Å². The molecule has 0 aliphatic rings. The molecule has 1 atom stereocenters. The van der Waals surface area contributed by atoms with Crippen LogP contribution in [0.2, 0.25) is 0 Å². The molecule has 3 nitrogen and oxygen atoms in total. The van der Waals surface area contributed by atoms with E-state index in [-0.39, 0.29) is 0 Å². The van der Waals surface area contributed by atoms with Crippen LogP contribution in [0.3, 0.4) is 0 Å². The zero-order valence-corrected chi connectivity index (χ0v) is 6.18. The van der Waals surface area contributed by atoms with Crippen LogP contribution in [0.15, 0.2) is 0 Å². The van der Waals surface area contributed by atoms with Crippen LogP contribution >= 0.6 is 0 Å². The highest BCUT2D eigenvalue weighted by Crippen LogP contribution is 2.26. The van der Waals surface area contributed by atoms with Crippen LogP contribution < -0.4 is 0 Å². The van der Waals surface area contributed by atoms with Crippen LogP contribution in [0.5, 0.6) is 0 Å². The summed E-state index contributed by atoms with van der Waals surface area (Å²) >= 11 is 0. The molecule has 1 N–H and O–H groups in total. The molecular formula is C6H7F3O3. The van der Waals surface area contributed by atoms with E-state index in [0.717, 1.165) is 0 Å². The van der Waals surface area contributed by atoms with Gasteiger partial charge in [-0.3, -0.25) is 9.59 Å². The van der Waals surface area contributed by atoms with E-state index in [1.54, 1.807) is 0 Å². The smallest absolute Gasteiger partial charge is 0.398 e. The SMILES string of the molecule is CC(C(=O)CC(=O)O)C(F)(F)F. The van der Waals surface area contributed by atoms with Crippen molar-refractivity contribution in [2.45, 2.75) is 19.5 Å². The first-order chi connectivity index (χ1) is 5.25. The Balaban J connectivity index is 4.21. The number of halogens is 3. The first-order valence-corrected chi connectivity index (χ1v) is 3.06. The number of ketones is 1. The van der Waals surface area contributed by atoms with E-state index >= 15 is 0 Å². The van der Waals surface area contributed by atoms with Crippen molar-refractivity contribution in [2.75, 3.05) is 0 Å². The predicted octanol–water partition coefficient (Wildman–Crippen LogP) is 1.23. The average Bonchev–Trinajstić information content (AvgIpc) is 1.82. The monoisotopic (exact) mass is 184 g/mol. The van der Waals surface area contributed by atoms with Gasteiger partial charge in [0.05, 0.1) is 0 Å². The lowest BCUT2D eigenvalue weighted by molar-refractivity contribution is -0.178. The number of hydrogen-bond donors (Lipinski definition) is 1. The van der Waals surface area contributed by atoms with Crippen molar-refractivity contribution in [1.29, 1.82) is 0 Å². The van der Waals surface area contributed by atoms with Crippen LogP contribution in [0.25, 0.3) is 0 Å². The van der Waals surface area contributed by atoms with Crippen LogP contribution in [-0.2, 0) is 9.59 Å². The summed E-state index contributed by atoms with van der Waals surface area (Å²) in [4.78, 5) is 20.4. The Hall–Kier alpha value is -1.07. The van der Waals surface area contributed by atoms with Gasteiger partial charge >= 0.3 is 12.1 Å². The molecular weight excluding hydrogens is 177 g/mol. The van der Waals surface area contributed by atoms with Crippen molar-refractivity contribution < 1.29 is 27.9 Å². The Morgan fingerprint density at radius 2 is 1.83 bits per heavy atom. The summed E-state index contributed by atoms with van der Waals surface area (Å²) < 4.78 is 35.2. The molecule has 0 saturated carbocycles. The molecule has 70 valence electrons. The van der Waals surface area contributed by atoms with Gasteiger partial charge in [0.25, 0.3) is 0 Å². The van der Waals surface area contributed by atoms with Crippen LogP contribution in [0.1, 0.15) is 13.3 Å². The van der Waals surface area contributed by atoms with Crippen LogP contribution in [0, 0.1) is 5.92 Å². The van der Waals surface area contributed by atoms with E-state index in [1.165, 1.54) is 0 Å². The molecule has 0 aromatic rings. The van der Waals surface area contributed by atoms with Gasteiger partial charge in [-0.15, -0.1) is 0 Å². The maximum Gasteiger partial charge on any atom is 0.398 e. The number of hydrogen-bond acceptors (Lipinski definition) is 2. The molecule has 12 heavy (non-hydrogen) atoms. The van der Waals surface area contributed by atoms with Gasteiger partial charge in [0.1, 0.15) is 12.3 Å². The third-order valence-corrected chi connectivity index (χ3v) is 1.30. The average molecular weight is 184 g/mol. The Bertz CT molecular complexity index is 197. The fourth-order valence-electron chi connectivity index (χ4n) is 0.485. The number of carbonyl (C=O) groups excluding carboxylic acids is 1.